The Kier molecular flexibility index (Phi) is 6.32. The molecule has 0 spiro atoms. The standard InChI is InChI=1S/C18H17ClFNO3/c1-12(22)16(9-13-5-3-2-4-6-13)21-18(23)11-24-17-8-7-14(20)10-15(17)19/h2-8,10,16H,9,11H2,1H3,(H,21,23)/t16-/m0/s1. The molecule has 0 heterocycles. The lowest BCUT2D eigenvalue weighted by Crippen LogP contribution is -2.43. The van der Waals surface area contributed by atoms with E-state index in [0.717, 1.165) is 11.6 Å². The SMILES string of the molecule is CC(=O)[C@H](Cc1ccccc1)NC(=O)COc1ccc(F)cc1Cl. The number of hydrogen-bond acceptors (Lipinski definition) is 3. The number of Topliss-reactive ketones (excluding diaryl/α,β-unsaturated/α-hetero) is 1. The first-order chi connectivity index (χ1) is 11.5. The summed E-state index contributed by atoms with van der Waals surface area (Å²) in [5, 5.41) is 2.71. The van der Waals surface area contributed by atoms with Gasteiger partial charge in [-0.2, -0.15) is 0 Å². The Morgan fingerprint density at radius 1 is 1.21 bits per heavy atom. The monoisotopic (exact) mass is 349 g/mol. The van der Waals surface area contributed by atoms with E-state index in [1.165, 1.54) is 19.1 Å². The van der Waals surface area contributed by atoms with E-state index in [-0.39, 0.29) is 23.2 Å². The molecular weight excluding hydrogens is 333 g/mol. The minimum Gasteiger partial charge on any atom is -0.482 e. The molecule has 2 aromatic rings. The topological polar surface area (TPSA) is 55.4 Å². The van der Waals surface area contributed by atoms with Crippen LogP contribution in [-0.4, -0.2) is 24.3 Å². The summed E-state index contributed by atoms with van der Waals surface area (Å²) in [5.41, 5.74) is 0.945. The Morgan fingerprint density at radius 3 is 2.54 bits per heavy atom. The molecule has 0 fully saturated rings. The first-order valence-electron chi connectivity index (χ1n) is 7.37. The summed E-state index contributed by atoms with van der Waals surface area (Å²) >= 11 is 5.83. The summed E-state index contributed by atoms with van der Waals surface area (Å²) in [5.74, 6) is -0.884. The van der Waals surface area contributed by atoms with Crippen molar-refractivity contribution in [2.75, 3.05) is 6.61 Å². The molecule has 0 aromatic heterocycles. The lowest BCUT2D eigenvalue weighted by atomic mass is 10.0. The van der Waals surface area contributed by atoms with Gasteiger partial charge < -0.3 is 10.1 Å². The highest BCUT2D eigenvalue weighted by Crippen LogP contribution is 2.24. The van der Waals surface area contributed by atoms with Crippen molar-refractivity contribution in [1.29, 1.82) is 0 Å². The molecule has 1 atom stereocenters. The van der Waals surface area contributed by atoms with E-state index < -0.39 is 17.8 Å². The van der Waals surface area contributed by atoms with E-state index in [4.69, 9.17) is 16.3 Å². The molecule has 0 bridgehead atoms. The molecule has 0 saturated heterocycles. The maximum Gasteiger partial charge on any atom is 0.258 e. The molecule has 0 aliphatic rings. The van der Waals surface area contributed by atoms with Crippen LogP contribution in [0, 0.1) is 5.82 Å². The third kappa shape index (κ3) is 5.35. The lowest BCUT2D eigenvalue weighted by Gasteiger charge is -2.16. The van der Waals surface area contributed by atoms with Crippen molar-refractivity contribution in [3.8, 4) is 5.75 Å². The summed E-state index contributed by atoms with van der Waals surface area (Å²) in [4.78, 5) is 23.7. The number of carbonyl (C=O) groups excluding carboxylic acids is 2. The van der Waals surface area contributed by atoms with Crippen molar-refractivity contribution in [3.05, 3.63) is 64.9 Å². The van der Waals surface area contributed by atoms with Crippen molar-refractivity contribution in [1.82, 2.24) is 5.32 Å². The van der Waals surface area contributed by atoms with Crippen LogP contribution >= 0.6 is 11.6 Å². The van der Waals surface area contributed by atoms with E-state index >= 15 is 0 Å². The predicted molar refractivity (Wildman–Crippen MR) is 89.7 cm³/mol. The van der Waals surface area contributed by atoms with Crippen LogP contribution in [0.2, 0.25) is 5.02 Å². The first-order valence-corrected chi connectivity index (χ1v) is 7.75. The van der Waals surface area contributed by atoms with Crippen molar-refractivity contribution < 1.29 is 18.7 Å². The molecule has 1 N–H and O–H groups in total. The van der Waals surface area contributed by atoms with E-state index in [0.29, 0.717) is 6.42 Å². The molecule has 0 aliphatic heterocycles. The normalized spacial score (nSPS) is 11.6. The highest BCUT2D eigenvalue weighted by molar-refractivity contribution is 6.32. The minimum absolute atomic E-state index is 0.0789. The predicted octanol–water partition coefficient (Wildman–Crippen LogP) is 3.17. The Bertz CT molecular complexity index is 721. The van der Waals surface area contributed by atoms with Crippen LogP contribution < -0.4 is 10.1 Å². The average Bonchev–Trinajstić information content (AvgIpc) is 2.54. The maximum atomic E-state index is 13.0. The van der Waals surface area contributed by atoms with Gasteiger partial charge in [0.05, 0.1) is 11.1 Å². The number of benzene rings is 2. The van der Waals surface area contributed by atoms with Crippen molar-refractivity contribution in [3.63, 3.8) is 0 Å². The molecule has 4 nitrogen and oxygen atoms in total. The zero-order valence-corrected chi connectivity index (χ0v) is 13.8. The van der Waals surface area contributed by atoms with E-state index in [1.54, 1.807) is 0 Å². The van der Waals surface area contributed by atoms with Gasteiger partial charge >= 0.3 is 0 Å². The molecule has 6 heteroatoms. The molecule has 0 saturated carbocycles. The van der Waals surface area contributed by atoms with Gasteiger partial charge in [0.2, 0.25) is 0 Å². The largest absolute Gasteiger partial charge is 0.482 e. The molecule has 0 unspecified atom stereocenters. The molecule has 0 radical (unpaired) electrons. The van der Waals surface area contributed by atoms with Crippen LogP contribution in [0.25, 0.3) is 0 Å². The number of nitrogens with one attached hydrogen (secondary N) is 1. The summed E-state index contributed by atoms with van der Waals surface area (Å²) in [6.07, 6.45) is 0.402. The number of carbonyl (C=O) groups is 2. The quantitative estimate of drug-likeness (QED) is 0.835. The third-order valence-corrected chi connectivity index (χ3v) is 3.66. The maximum absolute atomic E-state index is 13.0. The number of halogens is 2. The van der Waals surface area contributed by atoms with Crippen LogP contribution in [0.5, 0.6) is 5.75 Å². The fourth-order valence-corrected chi connectivity index (χ4v) is 2.34. The zero-order chi connectivity index (χ0) is 17.5. The van der Waals surface area contributed by atoms with Crippen LogP contribution in [0.15, 0.2) is 48.5 Å². The second-order valence-corrected chi connectivity index (χ2v) is 5.69. The van der Waals surface area contributed by atoms with Gasteiger partial charge in [0.25, 0.3) is 5.91 Å². The first kappa shape index (κ1) is 17.9. The summed E-state index contributed by atoms with van der Waals surface area (Å²) < 4.78 is 18.2. The van der Waals surface area contributed by atoms with Gasteiger partial charge in [-0.3, -0.25) is 9.59 Å². The molecular formula is C18H17ClFNO3. The number of ketones is 1. The Balaban J connectivity index is 1.92. The van der Waals surface area contributed by atoms with Gasteiger partial charge in [-0.15, -0.1) is 0 Å². The molecule has 0 aliphatic carbocycles. The minimum atomic E-state index is -0.632. The number of ether oxygens (including phenoxy) is 1. The fourth-order valence-electron chi connectivity index (χ4n) is 2.12. The van der Waals surface area contributed by atoms with Crippen LogP contribution in [0.4, 0.5) is 4.39 Å². The fraction of sp³-hybridized carbons (Fsp3) is 0.222. The van der Waals surface area contributed by atoms with Gasteiger partial charge in [0, 0.05) is 0 Å². The van der Waals surface area contributed by atoms with E-state index in [9.17, 15) is 14.0 Å². The lowest BCUT2D eigenvalue weighted by molar-refractivity contribution is -0.128. The Labute approximate surface area is 144 Å². The van der Waals surface area contributed by atoms with Gasteiger partial charge in [-0.05, 0) is 37.1 Å². The van der Waals surface area contributed by atoms with Gasteiger partial charge in [0.1, 0.15) is 11.6 Å². The summed E-state index contributed by atoms with van der Waals surface area (Å²) in [6, 6.07) is 12.4. The smallest absolute Gasteiger partial charge is 0.258 e. The van der Waals surface area contributed by atoms with Crippen molar-refractivity contribution in [2.24, 2.45) is 0 Å². The number of hydrogen-bond donors (Lipinski definition) is 1. The number of amides is 1. The van der Waals surface area contributed by atoms with Crippen LogP contribution in [0.3, 0.4) is 0 Å². The highest BCUT2D eigenvalue weighted by atomic mass is 35.5. The van der Waals surface area contributed by atoms with Crippen molar-refractivity contribution >= 4 is 23.3 Å². The average molecular weight is 350 g/mol. The Morgan fingerprint density at radius 2 is 1.92 bits per heavy atom. The van der Waals surface area contributed by atoms with Crippen LogP contribution in [0.1, 0.15) is 12.5 Å². The summed E-state index contributed by atoms with van der Waals surface area (Å²) in [7, 11) is 0. The zero-order valence-electron chi connectivity index (χ0n) is 13.1. The molecule has 2 rings (SSSR count). The summed E-state index contributed by atoms with van der Waals surface area (Å²) in [6.45, 7) is 1.11. The van der Waals surface area contributed by atoms with Crippen molar-refractivity contribution in [2.45, 2.75) is 19.4 Å². The Hall–Kier alpha value is -2.40. The van der Waals surface area contributed by atoms with E-state index in [2.05, 4.69) is 5.32 Å². The molecule has 24 heavy (non-hydrogen) atoms. The van der Waals surface area contributed by atoms with Gasteiger partial charge in [0.15, 0.2) is 12.4 Å². The number of rotatable bonds is 7. The second-order valence-electron chi connectivity index (χ2n) is 5.28. The molecule has 1 amide bonds. The molecule has 2 aromatic carbocycles. The second kappa shape index (κ2) is 8.45. The van der Waals surface area contributed by atoms with Crippen LogP contribution in [-0.2, 0) is 16.0 Å². The highest BCUT2D eigenvalue weighted by Gasteiger charge is 2.18. The van der Waals surface area contributed by atoms with E-state index in [1.807, 2.05) is 30.3 Å². The third-order valence-electron chi connectivity index (χ3n) is 3.36. The van der Waals surface area contributed by atoms with Gasteiger partial charge in [-0.25, -0.2) is 4.39 Å². The molecule has 126 valence electrons. The van der Waals surface area contributed by atoms with Gasteiger partial charge in [-0.1, -0.05) is 41.9 Å².